The third-order valence-electron chi connectivity index (χ3n) is 4.20. The van der Waals surface area contributed by atoms with Crippen molar-refractivity contribution in [2.45, 2.75) is 83.0 Å². The van der Waals surface area contributed by atoms with Gasteiger partial charge in [0, 0.05) is 18.1 Å². The maximum atomic E-state index is 11.8. The molecule has 0 aromatic rings. The van der Waals surface area contributed by atoms with Crippen LogP contribution in [-0.4, -0.2) is 34.4 Å². The lowest BCUT2D eigenvalue weighted by molar-refractivity contribution is -0.133. The van der Waals surface area contributed by atoms with E-state index in [0.29, 0.717) is 6.42 Å². The Balaban J connectivity index is 2.36. The largest absolute Gasteiger partial charge is 0.366 e. The summed E-state index contributed by atoms with van der Waals surface area (Å²) in [6.07, 6.45) is 8.23. The van der Waals surface area contributed by atoms with Crippen LogP contribution < -0.4 is 10.9 Å². The fourth-order valence-electron chi connectivity index (χ4n) is 2.81. The molecule has 1 saturated heterocycles. The predicted molar refractivity (Wildman–Crippen MR) is 95.3 cm³/mol. The molecular formula is C17H30N2O4S. The van der Waals surface area contributed by atoms with Crippen LogP contribution in [0.5, 0.6) is 0 Å². The molecule has 1 heterocycles. The van der Waals surface area contributed by atoms with Gasteiger partial charge in [-0.05, 0) is 13.3 Å². The number of rotatable bonds is 10. The molecule has 1 rings (SSSR count). The van der Waals surface area contributed by atoms with Crippen LogP contribution in [0.3, 0.4) is 0 Å². The number of thioether (sulfide) groups is 1. The number of unbranched alkanes of at least 4 members (excludes halogenated alkanes) is 5. The van der Waals surface area contributed by atoms with Crippen molar-refractivity contribution in [3.63, 3.8) is 0 Å². The van der Waals surface area contributed by atoms with E-state index in [4.69, 9.17) is 4.74 Å². The fraction of sp³-hybridized carbons (Fsp3) is 0.824. The summed E-state index contributed by atoms with van der Waals surface area (Å²) < 4.78 is 5.41. The molecule has 138 valence electrons. The molecule has 0 aliphatic carbocycles. The highest BCUT2D eigenvalue weighted by Crippen LogP contribution is 2.44. The molecule has 0 saturated carbocycles. The van der Waals surface area contributed by atoms with E-state index in [2.05, 4.69) is 17.8 Å². The second-order valence-corrected chi connectivity index (χ2v) is 8.13. The Morgan fingerprint density at radius 1 is 1.21 bits per heavy atom. The van der Waals surface area contributed by atoms with Crippen LogP contribution in [0, 0.1) is 0 Å². The average molecular weight is 359 g/mol. The molecule has 2 atom stereocenters. The van der Waals surface area contributed by atoms with Crippen molar-refractivity contribution < 1.29 is 19.1 Å². The summed E-state index contributed by atoms with van der Waals surface area (Å²) >= 11 is 1.35. The van der Waals surface area contributed by atoms with Crippen LogP contribution in [0.25, 0.3) is 0 Å². The van der Waals surface area contributed by atoms with Crippen LogP contribution in [0.1, 0.15) is 72.1 Å². The minimum absolute atomic E-state index is 0.121. The first-order valence-corrected chi connectivity index (χ1v) is 9.58. The summed E-state index contributed by atoms with van der Waals surface area (Å²) in [5.41, 5.74) is 4.48. The number of hydrogen-bond acceptors (Lipinski definition) is 5. The Bertz CT molecular complexity index is 444. The molecule has 2 amide bonds. The van der Waals surface area contributed by atoms with Gasteiger partial charge in [0.15, 0.2) is 5.12 Å². The van der Waals surface area contributed by atoms with E-state index in [1.54, 1.807) is 0 Å². The van der Waals surface area contributed by atoms with Crippen molar-refractivity contribution in [2.24, 2.45) is 0 Å². The molecule has 0 radical (unpaired) electrons. The van der Waals surface area contributed by atoms with Gasteiger partial charge in [-0.25, -0.2) is 0 Å². The third kappa shape index (κ3) is 7.66. The molecule has 0 bridgehead atoms. The topological polar surface area (TPSA) is 84.5 Å². The van der Waals surface area contributed by atoms with E-state index >= 15 is 0 Å². The van der Waals surface area contributed by atoms with E-state index in [0.717, 1.165) is 12.8 Å². The quantitative estimate of drug-likeness (QED) is 0.463. The zero-order valence-electron chi connectivity index (χ0n) is 15.0. The maximum Gasteiger partial charge on any atom is 0.264 e. The molecule has 1 aliphatic rings. The van der Waals surface area contributed by atoms with Crippen LogP contribution in [-0.2, 0) is 19.1 Å². The minimum atomic E-state index is -0.420. The Kier molecular flexibility index (Phi) is 9.36. The van der Waals surface area contributed by atoms with Crippen molar-refractivity contribution in [3.05, 3.63) is 0 Å². The zero-order chi connectivity index (χ0) is 18.0. The van der Waals surface area contributed by atoms with E-state index in [9.17, 15) is 14.4 Å². The molecule has 0 aromatic carbocycles. The predicted octanol–water partition coefficient (Wildman–Crippen LogP) is 2.71. The lowest BCUT2D eigenvalue weighted by Crippen LogP contribution is -2.44. The first-order chi connectivity index (χ1) is 11.4. The fourth-order valence-corrected chi connectivity index (χ4v) is 4.09. The molecule has 1 unspecified atom stereocenters. The van der Waals surface area contributed by atoms with Gasteiger partial charge in [0.1, 0.15) is 6.61 Å². The van der Waals surface area contributed by atoms with Gasteiger partial charge in [-0.3, -0.25) is 25.2 Å². The van der Waals surface area contributed by atoms with Gasteiger partial charge in [0.25, 0.3) is 5.91 Å². The molecule has 6 nitrogen and oxygen atoms in total. The molecule has 0 aromatic heterocycles. The molecule has 1 aliphatic heterocycles. The van der Waals surface area contributed by atoms with Crippen molar-refractivity contribution in [3.8, 4) is 0 Å². The SMILES string of the molecule is CCCCCCCC[C@@]1(C)SC(=O)CC1OCC(=O)NNC(C)=O. The highest BCUT2D eigenvalue weighted by Gasteiger charge is 2.44. The average Bonchev–Trinajstić information content (AvgIpc) is 2.80. The second-order valence-electron chi connectivity index (χ2n) is 6.54. The highest BCUT2D eigenvalue weighted by atomic mass is 32.2. The molecule has 7 heteroatoms. The second kappa shape index (κ2) is 10.7. The van der Waals surface area contributed by atoms with Gasteiger partial charge in [-0.1, -0.05) is 57.2 Å². The van der Waals surface area contributed by atoms with E-state index in [-0.39, 0.29) is 28.5 Å². The molecule has 1 fully saturated rings. The number of amides is 2. The summed E-state index contributed by atoms with van der Waals surface area (Å²) in [4.78, 5) is 34.2. The first-order valence-electron chi connectivity index (χ1n) is 8.76. The van der Waals surface area contributed by atoms with Gasteiger partial charge in [0.2, 0.25) is 5.91 Å². The van der Waals surface area contributed by atoms with E-state index in [1.807, 2.05) is 6.92 Å². The number of hydrogen-bond donors (Lipinski definition) is 2. The van der Waals surface area contributed by atoms with Gasteiger partial charge in [0.05, 0.1) is 6.10 Å². The summed E-state index contributed by atoms with van der Waals surface area (Å²) in [6, 6.07) is 0. The van der Waals surface area contributed by atoms with Crippen LogP contribution >= 0.6 is 11.8 Å². The normalized spacial score (nSPS) is 23.3. The molecule has 2 N–H and O–H groups in total. The Morgan fingerprint density at radius 2 is 1.88 bits per heavy atom. The number of nitrogens with one attached hydrogen (secondary N) is 2. The van der Waals surface area contributed by atoms with Gasteiger partial charge in [-0.15, -0.1) is 0 Å². The Hall–Kier alpha value is -1.08. The van der Waals surface area contributed by atoms with Crippen LogP contribution in [0.15, 0.2) is 0 Å². The Morgan fingerprint density at radius 3 is 2.54 bits per heavy atom. The zero-order valence-corrected chi connectivity index (χ0v) is 15.8. The van der Waals surface area contributed by atoms with Crippen molar-refractivity contribution in [1.82, 2.24) is 10.9 Å². The van der Waals surface area contributed by atoms with Crippen molar-refractivity contribution >= 4 is 28.7 Å². The minimum Gasteiger partial charge on any atom is -0.366 e. The number of hydrazine groups is 1. The van der Waals surface area contributed by atoms with Crippen molar-refractivity contribution in [1.29, 1.82) is 0 Å². The summed E-state index contributed by atoms with van der Waals surface area (Å²) in [5.74, 6) is -0.765. The van der Waals surface area contributed by atoms with Gasteiger partial charge in [-0.2, -0.15) is 0 Å². The summed E-state index contributed by atoms with van der Waals surface area (Å²) in [7, 11) is 0. The van der Waals surface area contributed by atoms with Gasteiger partial charge < -0.3 is 4.74 Å². The third-order valence-corrected chi connectivity index (χ3v) is 5.53. The van der Waals surface area contributed by atoms with Crippen molar-refractivity contribution in [2.75, 3.05) is 6.61 Å². The van der Waals surface area contributed by atoms with E-state index < -0.39 is 5.91 Å². The van der Waals surface area contributed by atoms with Crippen LogP contribution in [0.4, 0.5) is 0 Å². The lowest BCUT2D eigenvalue weighted by atomic mass is 9.94. The number of carbonyl (C=O) groups excluding carboxylic acids is 3. The smallest absolute Gasteiger partial charge is 0.264 e. The molecule has 24 heavy (non-hydrogen) atoms. The maximum absolute atomic E-state index is 11.8. The van der Waals surface area contributed by atoms with Crippen LogP contribution in [0.2, 0.25) is 0 Å². The molecule has 0 spiro atoms. The van der Waals surface area contributed by atoms with E-state index in [1.165, 1.54) is 50.8 Å². The summed E-state index contributed by atoms with van der Waals surface area (Å²) in [6.45, 7) is 5.40. The summed E-state index contributed by atoms with van der Waals surface area (Å²) in [5, 5.41) is 0.121. The lowest BCUT2D eigenvalue weighted by Gasteiger charge is -2.29. The monoisotopic (exact) mass is 358 g/mol. The standard InChI is InChI=1S/C17H30N2O4S/c1-4-5-6-7-8-9-10-17(3)14(11-16(22)24-17)23-12-15(21)19-18-13(2)20/h14H,4-12H2,1-3H3,(H,18,20)(H,19,21)/t14?,17-/m1/s1. The first kappa shape index (κ1) is 21.0. The number of carbonyl (C=O) groups is 3. The number of ether oxygens (including phenoxy) is 1. The molecular weight excluding hydrogens is 328 g/mol. The Labute approximate surface area is 148 Å². The highest BCUT2D eigenvalue weighted by molar-refractivity contribution is 8.15. The van der Waals surface area contributed by atoms with Gasteiger partial charge >= 0.3 is 0 Å².